The molecular weight excluding hydrogens is 614 g/mol. The maximum Gasteiger partial charge on any atom is 0.416 e. The van der Waals surface area contributed by atoms with Crippen molar-refractivity contribution in [2.75, 3.05) is 36.4 Å². The monoisotopic (exact) mass is 649 g/mol. The number of carboxylic acids is 1. The number of carbonyl (C=O) groups excluding carboxylic acids is 1. The van der Waals surface area contributed by atoms with E-state index < -0.39 is 35.5 Å². The number of nitrogens with one attached hydrogen (secondary N) is 1. The lowest BCUT2D eigenvalue weighted by Crippen LogP contribution is -2.56. The van der Waals surface area contributed by atoms with Crippen LogP contribution in [-0.4, -0.2) is 86.0 Å². The van der Waals surface area contributed by atoms with Gasteiger partial charge in [-0.05, 0) is 57.9 Å². The number of piperazine rings is 1. The van der Waals surface area contributed by atoms with E-state index in [4.69, 9.17) is 0 Å². The predicted molar refractivity (Wildman–Crippen MR) is 162 cm³/mol. The van der Waals surface area contributed by atoms with Gasteiger partial charge >= 0.3 is 12.1 Å². The summed E-state index contributed by atoms with van der Waals surface area (Å²) in [5.41, 5.74) is -0.941. The maximum absolute atomic E-state index is 14.3. The summed E-state index contributed by atoms with van der Waals surface area (Å²) in [4.78, 5) is 44.6. The Labute approximate surface area is 262 Å². The Kier molecular flexibility index (Phi) is 9.70. The van der Waals surface area contributed by atoms with Gasteiger partial charge in [-0.15, -0.1) is 0 Å². The number of hydrogen-bond donors (Lipinski definition) is 2. The van der Waals surface area contributed by atoms with Crippen LogP contribution in [-0.2, 0) is 17.5 Å². The maximum atomic E-state index is 14.3. The van der Waals surface area contributed by atoms with Gasteiger partial charge in [-0.2, -0.15) is 13.2 Å². The molecule has 3 atom stereocenters. The van der Waals surface area contributed by atoms with Crippen LogP contribution in [0.2, 0.25) is 0 Å². The van der Waals surface area contributed by atoms with Crippen LogP contribution in [0.3, 0.4) is 0 Å². The largest absolute Gasteiger partial charge is 0.480 e. The number of benzene rings is 1. The Morgan fingerprint density at radius 2 is 1.89 bits per heavy atom. The lowest BCUT2D eigenvalue weighted by Gasteiger charge is -2.42. The van der Waals surface area contributed by atoms with Crippen molar-refractivity contribution in [2.24, 2.45) is 0 Å². The molecule has 0 aliphatic carbocycles. The highest BCUT2D eigenvalue weighted by atomic mass is 32.1. The van der Waals surface area contributed by atoms with Crippen molar-refractivity contribution >= 4 is 34.2 Å². The molecule has 1 unspecified atom stereocenters. The Balaban J connectivity index is 1.34. The normalized spacial score (nSPS) is 20.4. The molecule has 2 saturated heterocycles. The van der Waals surface area contributed by atoms with Crippen LogP contribution in [0.25, 0.3) is 11.3 Å². The second-order valence-electron chi connectivity index (χ2n) is 11.5. The van der Waals surface area contributed by atoms with Crippen LogP contribution in [0.5, 0.6) is 0 Å². The zero-order chi connectivity index (χ0) is 32.5. The van der Waals surface area contributed by atoms with Gasteiger partial charge in [0.25, 0.3) is 5.91 Å². The molecule has 0 saturated carbocycles. The molecule has 5 rings (SSSR count). The number of aliphatic carboxylic acids is 1. The average molecular weight is 650 g/mol. The molecule has 0 spiro atoms. The van der Waals surface area contributed by atoms with E-state index in [0.717, 1.165) is 42.9 Å². The molecule has 3 aromatic rings. The molecule has 2 N–H and O–H groups in total. The molecule has 2 aliphatic heterocycles. The lowest BCUT2D eigenvalue weighted by atomic mass is 10.1. The van der Waals surface area contributed by atoms with Crippen molar-refractivity contribution in [3.63, 3.8) is 0 Å². The summed E-state index contributed by atoms with van der Waals surface area (Å²) in [5, 5.41) is 12.3. The van der Waals surface area contributed by atoms with Crippen molar-refractivity contribution in [3.05, 3.63) is 52.5 Å². The molecule has 1 amide bonds. The van der Waals surface area contributed by atoms with E-state index in [0.29, 0.717) is 49.4 Å². The number of thiazole rings is 1. The topological polar surface area (TPSA) is 115 Å². The fraction of sp³-hybridized carbons (Fsp3) is 0.500. The number of halogens is 4. The van der Waals surface area contributed by atoms with Crippen LogP contribution in [0, 0.1) is 5.82 Å². The summed E-state index contributed by atoms with van der Waals surface area (Å²) in [6.45, 7) is 8.72. The van der Waals surface area contributed by atoms with Gasteiger partial charge in [-0.1, -0.05) is 18.3 Å². The highest BCUT2D eigenvalue weighted by Gasteiger charge is 2.33. The van der Waals surface area contributed by atoms with E-state index in [-0.39, 0.29) is 34.2 Å². The minimum Gasteiger partial charge on any atom is -0.480 e. The molecule has 15 heteroatoms. The van der Waals surface area contributed by atoms with Crippen molar-refractivity contribution in [1.29, 1.82) is 0 Å². The number of nitrogens with zero attached hydrogens (tertiary/aromatic N) is 6. The number of hydrogen-bond acceptors (Lipinski definition) is 9. The molecule has 0 radical (unpaired) electrons. The summed E-state index contributed by atoms with van der Waals surface area (Å²) in [6.07, 6.45) is 0.554. The van der Waals surface area contributed by atoms with Gasteiger partial charge in [-0.3, -0.25) is 24.7 Å². The SMILES string of the molecule is CCC(C(=O)O)N1CCN(c2cnc(C(=O)Nc3nc(-c4cc(F)cc(C(F)(F)F)c4)c(CN4CCC[C@H]4C)s3)cn2)[C@H](C)C1. The summed E-state index contributed by atoms with van der Waals surface area (Å²) < 4.78 is 54.8. The molecule has 2 aromatic heterocycles. The highest BCUT2D eigenvalue weighted by molar-refractivity contribution is 7.16. The molecule has 45 heavy (non-hydrogen) atoms. The second-order valence-corrected chi connectivity index (χ2v) is 12.6. The summed E-state index contributed by atoms with van der Waals surface area (Å²) >= 11 is 1.13. The van der Waals surface area contributed by atoms with E-state index in [2.05, 4.69) is 32.1 Å². The Hall–Kier alpha value is -3.69. The number of anilines is 2. The molecule has 4 heterocycles. The Morgan fingerprint density at radius 1 is 1.11 bits per heavy atom. The van der Waals surface area contributed by atoms with Gasteiger partial charge in [0.15, 0.2) is 5.13 Å². The van der Waals surface area contributed by atoms with Gasteiger partial charge in [0.05, 0.1) is 23.7 Å². The minimum atomic E-state index is -4.74. The van der Waals surface area contributed by atoms with Gasteiger partial charge in [0.1, 0.15) is 23.4 Å². The van der Waals surface area contributed by atoms with Crippen molar-refractivity contribution in [2.45, 2.75) is 70.9 Å². The van der Waals surface area contributed by atoms with E-state index in [9.17, 15) is 32.3 Å². The molecule has 2 aliphatic rings. The van der Waals surface area contributed by atoms with Crippen molar-refractivity contribution in [3.8, 4) is 11.3 Å². The van der Waals surface area contributed by atoms with Gasteiger partial charge < -0.3 is 10.0 Å². The third-order valence-electron chi connectivity index (χ3n) is 8.39. The van der Waals surface area contributed by atoms with Crippen molar-refractivity contribution < 1.29 is 32.3 Å². The molecule has 1 aromatic carbocycles. The van der Waals surface area contributed by atoms with Gasteiger partial charge in [0, 0.05) is 48.7 Å². The number of carbonyl (C=O) groups is 2. The molecule has 2 fully saturated rings. The number of carboxylic acid groups (broad SMARTS) is 1. The third-order valence-corrected chi connectivity index (χ3v) is 9.35. The second kappa shape index (κ2) is 13.3. The zero-order valence-corrected chi connectivity index (χ0v) is 26.0. The highest BCUT2D eigenvalue weighted by Crippen LogP contribution is 2.38. The summed E-state index contributed by atoms with van der Waals surface area (Å²) in [7, 11) is 0. The van der Waals surface area contributed by atoms with E-state index in [1.54, 1.807) is 0 Å². The quantitative estimate of drug-likeness (QED) is 0.296. The molecule has 10 nitrogen and oxygen atoms in total. The Morgan fingerprint density at radius 3 is 2.49 bits per heavy atom. The number of amides is 1. The first-order valence-electron chi connectivity index (χ1n) is 14.8. The van der Waals surface area contributed by atoms with Gasteiger partial charge in [0.2, 0.25) is 0 Å². The van der Waals surface area contributed by atoms with E-state index in [1.807, 2.05) is 23.6 Å². The van der Waals surface area contributed by atoms with Crippen LogP contribution in [0.15, 0.2) is 30.6 Å². The van der Waals surface area contributed by atoms with Gasteiger partial charge in [-0.25, -0.2) is 19.3 Å². The van der Waals surface area contributed by atoms with Crippen LogP contribution < -0.4 is 10.2 Å². The first-order valence-corrected chi connectivity index (χ1v) is 15.6. The first-order chi connectivity index (χ1) is 21.3. The predicted octanol–water partition coefficient (Wildman–Crippen LogP) is 5.37. The number of likely N-dealkylation sites (tertiary alicyclic amines) is 1. The average Bonchev–Trinajstić information content (AvgIpc) is 3.58. The van der Waals surface area contributed by atoms with Crippen LogP contribution in [0.4, 0.5) is 28.5 Å². The molecular formula is C30H35F4N7O3S. The fourth-order valence-corrected chi connectivity index (χ4v) is 6.99. The third kappa shape index (κ3) is 7.42. The first kappa shape index (κ1) is 32.7. The zero-order valence-electron chi connectivity index (χ0n) is 25.1. The van der Waals surface area contributed by atoms with Crippen LogP contribution >= 0.6 is 11.3 Å². The molecule has 0 bridgehead atoms. The number of rotatable bonds is 9. The smallest absolute Gasteiger partial charge is 0.416 e. The molecule has 242 valence electrons. The summed E-state index contributed by atoms with van der Waals surface area (Å²) in [6, 6.07) is 2.01. The number of alkyl halides is 3. The minimum absolute atomic E-state index is 0.0125. The lowest BCUT2D eigenvalue weighted by molar-refractivity contribution is -0.143. The summed E-state index contributed by atoms with van der Waals surface area (Å²) in [5.74, 6) is -1.93. The Bertz CT molecular complexity index is 1530. The van der Waals surface area contributed by atoms with E-state index in [1.165, 1.54) is 12.4 Å². The number of aromatic nitrogens is 3. The van der Waals surface area contributed by atoms with Crippen LogP contribution in [0.1, 0.15) is 61.0 Å². The van der Waals surface area contributed by atoms with E-state index >= 15 is 0 Å². The standard InChI is InChI=1S/C30H35F4N7O3S/c1-4-23(28(43)44)40-8-9-41(18(3)15-40)25-14-35-22(13-36-25)27(42)38-29-37-26(24(45-29)16-39-7-5-6-17(39)2)19-10-20(30(32,33)34)12-21(31)11-19/h10-14,17-18,23H,4-9,15-16H2,1-3H3,(H,43,44)(H,37,38,42)/t17-,18-,23?/m1/s1. The van der Waals surface area contributed by atoms with Crippen molar-refractivity contribution in [1.82, 2.24) is 24.8 Å². The fourth-order valence-electron chi connectivity index (χ4n) is 5.99.